The van der Waals surface area contributed by atoms with Crippen LogP contribution in [0.25, 0.3) is 88.7 Å². The minimum atomic E-state index is -0.0731. The third kappa shape index (κ3) is 5.15. The average molecular weight is 694 g/mol. The van der Waals surface area contributed by atoms with Crippen LogP contribution in [0.3, 0.4) is 0 Å². The van der Waals surface area contributed by atoms with Gasteiger partial charge in [0.15, 0.2) is 17.5 Å². The van der Waals surface area contributed by atoms with Gasteiger partial charge in [-0.15, -0.1) is 0 Å². The quantitative estimate of drug-likeness (QED) is 0.168. The van der Waals surface area contributed by atoms with Gasteiger partial charge in [-0.25, -0.2) is 15.0 Å². The van der Waals surface area contributed by atoms with Crippen molar-refractivity contribution in [3.63, 3.8) is 0 Å². The standard InChI is InChI=1S/C51H39N3/c1-31(2)36-24-26-46-44(27-36)45-29-42-39-18-12-11-17-38(39)41-28-37(23-25-40(41)43(42)30-47(45)51(46,3)4)32-19-21-35(22-20-32)50-53-48(33-13-7-5-8-14-33)52-49(54-50)34-15-9-6-10-16-34/h5-31H,1-4H3. The zero-order valence-electron chi connectivity index (χ0n) is 30.9. The van der Waals surface area contributed by atoms with Crippen molar-refractivity contribution in [3.05, 3.63) is 174 Å². The fourth-order valence-electron chi connectivity index (χ4n) is 8.50. The molecule has 3 nitrogen and oxygen atoms in total. The molecule has 0 aliphatic heterocycles. The van der Waals surface area contributed by atoms with Crippen LogP contribution in [0.15, 0.2) is 158 Å². The molecule has 0 amide bonds. The summed E-state index contributed by atoms with van der Waals surface area (Å²) >= 11 is 0. The lowest BCUT2D eigenvalue weighted by Gasteiger charge is -2.22. The van der Waals surface area contributed by atoms with Crippen molar-refractivity contribution in [1.82, 2.24) is 15.0 Å². The lowest BCUT2D eigenvalue weighted by Crippen LogP contribution is -2.15. The lowest BCUT2D eigenvalue weighted by molar-refractivity contribution is 0.660. The molecule has 0 spiro atoms. The fraction of sp³-hybridized carbons (Fsp3) is 0.118. The molecule has 10 rings (SSSR count). The van der Waals surface area contributed by atoms with E-state index in [0.29, 0.717) is 23.4 Å². The number of aromatic nitrogens is 3. The number of fused-ring (bicyclic) bond motifs is 9. The summed E-state index contributed by atoms with van der Waals surface area (Å²) in [4.78, 5) is 14.8. The van der Waals surface area contributed by atoms with Gasteiger partial charge >= 0.3 is 0 Å². The predicted octanol–water partition coefficient (Wildman–Crippen LogP) is 13.4. The first-order valence-electron chi connectivity index (χ1n) is 18.9. The molecule has 1 heterocycles. The molecule has 1 aliphatic rings. The van der Waals surface area contributed by atoms with Crippen molar-refractivity contribution < 1.29 is 0 Å². The Bertz CT molecular complexity index is 2850. The molecule has 0 bridgehead atoms. The van der Waals surface area contributed by atoms with E-state index in [2.05, 4.69) is 125 Å². The summed E-state index contributed by atoms with van der Waals surface area (Å²) < 4.78 is 0. The van der Waals surface area contributed by atoms with E-state index in [-0.39, 0.29) is 5.41 Å². The molecule has 258 valence electrons. The van der Waals surface area contributed by atoms with Crippen LogP contribution >= 0.6 is 0 Å². The first-order chi connectivity index (χ1) is 26.3. The van der Waals surface area contributed by atoms with Gasteiger partial charge in [-0.1, -0.05) is 167 Å². The molecule has 1 aromatic heterocycles. The molecule has 0 fully saturated rings. The molecule has 0 saturated heterocycles. The highest BCUT2D eigenvalue weighted by Gasteiger charge is 2.36. The molecule has 1 aliphatic carbocycles. The second-order valence-corrected chi connectivity index (χ2v) is 15.4. The fourth-order valence-corrected chi connectivity index (χ4v) is 8.50. The SMILES string of the molecule is CC(C)c1ccc2c(c1)-c1cc3c4ccccc4c4cc(-c5ccc(-c6nc(-c7ccccc7)nc(-c7ccccc7)n6)cc5)ccc4c3cc1C2(C)C. The first kappa shape index (κ1) is 32.2. The summed E-state index contributed by atoms with van der Waals surface area (Å²) in [6, 6.07) is 56.8. The highest BCUT2D eigenvalue weighted by atomic mass is 15.0. The summed E-state index contributed by atoms with van der Waals surface area (Å²) in [5.74, 6) is 2.47. The van der Waals surface area contributed by atoms with E-state index in [4.69, 9.17) is 15.0 Å². The van der Waals surface area contributed by atoms with Crippen LogP contribution in [-0.2, 0) is 5.41 Å². The maximum absolute atomic E-state index is 4.94. The smallest absolute Gasteiger partial charge is 0.164 e. The van der Waals surface area contributed by atoms with E-state index in [1.807, 2.05) is 60.7 Å². The Morgan fingerprint density at radius 1 is 0.370 bits per heavy atom. The van der Waals surface area contributed by atoms with E-state index in [1.54, 1.807) is 0 Å². The van der Waals surface area contributed by atoms with Gasteiger partial charge in [0.2, 0.25) is 0 Å². The third-order valence-electron chi connectivity index (χ3n) is 11.5. The van der Waals surface area contributed by atoms with E-state index in [1.165, 1.54) is 65.7 Å². The number of rotatable bonds is 5. The largest absolute Gasteiger partial charge is 0.208 e. The van der Waals surface area contributed by atoms with Crippen molar-refractivity contribution in [2.45, 2.75) is 39.0 Å². The molecule has 0 N–H and O–H groups in total. The van der Waals surface area contributed by atoms with Crippen LogP contribution in [0.1, 0.15) is 50.3 Å². The first-order valence-corrected chi connectivity index (χ1v) is 18.9. The van der Waals surface area contributed by atoms with Crippen molar-refractivity contribution in [3.8, 4) is 56.4 Å². The Morgan fingerprint density at radius 2 is 0.833 bits per heavy atom. The summed E-state index contributed by atoms with van der Waals surface area (Å²) in [6.07, 6.45) is 0. The monoisotopic (exact) mass is 693 g/mol. The summed E-state index contributed by atoms with van der Waals surface area (Å²) in [5, 5.41) is 7.75. The summed E-state index contributed by atoms with van der Waals surface area (Å²) in [6.45, 7) is 9.32. The molecule has 0 unspecified atom stereocenters. The van der Waals surface area contributed by atoms with Crippen LogP contribution in [-0.4, -0.2) is 15.0 Å². The molecule has 54 heavy (non-hydrogen) atoms. The van der Waals surface area contributed by atoms with Gasteiger partial charge in [-0.05, 0) is 95.4 Å². The predicted molar refractivity (Wildman–Crippen MR) is 226 cm³/mol. The minimum Gasteiger partial charge on any atom is -0.208 e. The second kappa shape index (κ2) is 12.3. The van der Waals surface area contributed by atoms with Crippen LogP contribution in [0.5, 0.6) is 0 Å². The highest BCUT2D eigenvalue weighted by molar-refractivity contribution is 6.26. The van der Waals surface area contributed by atoms with Crippen LogP contribution in [0, 0.1) is 0 Å². The van der Waals surface area contributed by atoms with E-state index >= 15 is 0 Å². The van der Waals surface area contributed by atoms with Gasteiger partial charge in [0.05, 0.1) is 0 Å². The van der Waals surface area contributed by atoms with Gasteiger partial charge in [0.1, 0.15) is 0 Å². The zero-order chi connectivity index (χ0) is 36.6. The summed E-state index contributed by atoms with van der Waals surface area (Å²) in [5.41, 5.74) is 12.1. The van der Waals surface area contributed by atoms with Crippen LogP contribution in [0.4, 0.5) is 0 Å². The maximum atomic E-state index is 4.94. The third-order valence-corrected chi connectivity index (χ3v) is 11.5. The van der Waals surface area contributed by atoms with E-state index in [0.717, 1.165) is 22.3 Å². The minimum absolute atomic E-state index is 0.0731. The Balaban J connectivity index is 1.09. The van der Waals surface area contributed by atoms with Crippen molar-refractivity contribution in [2.75, 3.05) is 0 Å². The van der Waals surface area contributed by atoms with Crippen LogP contribution < -0.4 is 0 Å². The Labute approximate surface area is 316 Å². The normalized spacial score (nSPS) is 13.1. The number of hydrogen-bond acceptors (Lipinski definition) is 3. The van der Waals surface area contributed by atoms with E-state index < -0.39 is 0 Å². The van der Waals surface area contributed by atoms with Gasteiger partial charge in [-0.2, -0.15) is 0 Å². The lowest BCUT2D eigenvalue weighted by atomic mass is 9.81. The second-order valence-electron chi connectivity index (χ2n) is 15.4. The molecule has 8 aromatic carbocycles. The van der Waals surface area contributed by atoms with Gasteiger partial charge in [0, 0.05) is 22.1 Å². The zero-order valence-corrected chi connectivity index (χ0v) is 30.9. The topological polar surface area (TPSA) is 38.7 Å². The Hall–Kier alpha value is -6.45. The van der Waals surface area contributed by atoms with Gasteiger partial charge < -0.3 is 0 Å². The number of nitrogens with zero attached hydrogens (tertiary/aromatic N) is 3. The highest BCUT2D eigenvalue weighted by Crippen LogP contribution is 2.52. The van der Waals surface area contributed by atoms with E-state index in [9.17, 15) is 0 Å². The molecule has 0 atom stereocenters. The molecule has 9 aromatic rings. The average Bonchev–Trinajstić information content (AvgIpc) is 3.45. The number of hydrogen-bond donors (Lipinski definition) is 0. The molecule has 0 radical (unpaired) electrons. The molecule has 0 saturated carbocycles. The number of benzene rings is 8. The van der Waals surface area contributed by atoms with Crippen molar-refractivity contribution in [1.29, 1.82) is 0 Å². The van der Waals surface area contributed by atoms with Gasteiger partial charge in [-0.3, -0.25) is 0 Å². The Kier molecular flexibility index (Phi) is 7.35. The molecule has 3 heteroatoms. The molecular formula is C51H39N3. The Morgan fingerprint density at radius 3 is 1.43 bits per heavy atom. The van der Waals surface area contributed by atoms with Gasteiger partial charge in [0.25, 0.3) is 0 Å². The molecular weight excluding hydrogens is 655 g/mol. The maximum Gasteiger partial charge on any atom is 0.164 e. The van der Waals surface area contributed by atoms with Crippen molar-refractivity contribution in [2.24, 2.45) is 0 Å². The van der Waals surface area contributed by atoms with Crippen molar-refractivity contribution >= 4 is 32.3 Å². The summed E-state index contributed by atoms with van der Waals surface area (Å²) in [7, 11) is 0. The van der Waals surface area contributed by atoms with Crippen LogP contribution in [0.2, 0.25) is 0 Å².